The third-order valence-corrected chi connectivity index (χ3v) is 3.64. The molecule has 1 atom stereocenters. The van der Waals surface area contributed by atoms with E-state index in [0.717, 1.165) is 29.9 Å². The summed E-state index contributed by atoms with van der Waals surface area (Å²) in [6.07, 6.45) is 3.14. The Kier molecular flexibility index (Phi) is 6.49. The van der Waals surface area contributed by atoms with Crippen molar-refractivity contribution in [3.63, 3.8) is 0 Å². The predicted molar refractivity (Wildman–Crippen MR) is 86.7 cm³/mol. The van der Waals surface area contributed by atoms with Crippen LogP contribution in [-0.2, 0) is 13.1 Å². The molecule has 0 amide bonds. The Bertz CT molecular complexity index is 539. The van der Waals surface area contributed by atoms with Crippen molar-refractivity contribution in [3.8, 4) is 5.75 Å². The normalized spacial score (nSPS) is 12.5. The van der Waals surface area contributed by atoms with Crippen molar-refractivity contribution in [2.45, 2.75) is 39.0 Å². The topological polar surface area (TPSA) is 45.8 Å². The van der Waals surface area contributed by atoms with Crippen LogP contribution in [0.3, 0.4) is 0 Å². The molecule has 120 valence electrons. The highest BCUT2D eigenvalue weighted by molar-refractivity contribution is 5.33. The fraction of sp³-hybridized carbons (Fsp3) is 0.444. The highest BCUT2D eigenvalue weighted by atomic mass is 16.5. The Hall–Kier alpha value is -1.78. The first-order valence-corrected chi connectivity index (χ1v) is 7.77. The van der Waals surface area contributed by atoms with Gasteiger partial charge < -0.3 is 14.3 Å². The van der Waals surface area contributed by atoms with Gasteiger partial charge in [-0.05, 0) is 24.6 Å². The number of ether oxygens (including phenoxy) is 1. The van der Waals surface area contributed by atoms with Crippen LogP contribution in [0.25, 0.3) is 0 Å². The number of hydrogen-bond acceptors (Lipinski definition) is 4. The van der Waals surface area contributed by atoms with Crippen LogP contribution in [0.4, 0.5) is 0 Å². The lowest BCUT2D eigenvalue weighted by atomic mass is 10.1. The third-order valence-electron chi connectivity index (χ3n) is 3.64. The van der Waals surface area contributed by atoms with Crippen LogP contribution >= 0.6 is 0 Å². The molecule has 0 unspecified atom stereocenters. The van der Waals surface area contributed by atoms with Crippen LogP contribution < -0.4 is 4.74 Å². The molecule has 4 nitrogen and oxygen atoms in total. The molecule has 0 aliphatic rings. The summed E-state index contributed by atoms with van der Waals surface area (Å²) >= 11 is 0. The Balaban J connectivity index is 2.09. The standard InChI is InChI=1S/C18H25NO3/c1-3-7-16(20)13-19(14-17-9-6-11-22-17)12-15-8-4-5-10-18(15)21-2/h4-6,8-11,16,20H,3,7,12-14H2,1-2H3/t16-/m1/s1. The molecule has 1 aromatic heterocycles. The number of furan rings is 1. The second-order valence-corrected chi connectivity index (χ2v) is 5.50. The zero-order valence-corrected chi connectivity index (χ0v) is 13.4. The highest BCUT2D eigenvalue weighted by Gasteiger charge is 2.15. The van der Waals surface area contributed by atoms with Crippen molar-refractivity contribution in [2.24, 2.45) is 0 Å². The first-order valence-electron chi connectivity index (χ1n) is 7.77. The fourth-order valence-corrected chi connectivity index (χ4v) is 2.60. The van der Waals surface area contributed by atoms with E-state index in [1.54, 1.807) is 13.4 Å². The number of aliphatic hydroxyl groups excluding tert-OH is 1. The van der Waals surface area contributed by atoms with E-state index in [9.17, 15) is 5.11 Å². The molecule has 0 bridgehead atoms. The van der Waals surface area contributed by atoms with Gasteiger partial charge in [-0.2, -0.15) is 0 Å². The predicted octanol–water partition coefficient (Wildman–Crippen LogP) is 3.45. The molecule has 1 aromatic carbocycles. The van der Waals surface area contributed by atoms with Gasteiger partial charge in [0.15, 0.2) is 0 Å². The van der Waals surface area contributed by atoms with Gasteiger partial charge in [0.05, 0.1) is 26.0 Å². The molecule has 0 saturated carbocycles. The minimum Gasteiger partial charge on any atom is -0.496 e. The van der Waals surface area contributed by atoms with E-state index in [1.807, 2.05) is 30.3 Å². The van der Waals surface area contributed by atoms with Gasteiger partial charge in [0.1, 0.15) is 11.5 Å². The summed E-state index contributed by atoms with van der Waals surface area (Å²) < 4.78 is 10.9. The van der Waals surface area contributed by atoms with Crippen LogP contribution in [0.2, 0.25) is 0 Å². The van der Waals surface area contributed by atoms with Crippen molar-refractivity contribution >= 4 is 0 Å². The number of hydrogen-bond donors (Lipinski definition) is 1. The molecule has 0 radical (unpaired) electrons. The summed E-state index contributed by atoms with van der Waals surface area (Å²) in [6, 6.07) is 11.8. The average Bonchev–Trinajstić information content (AvgIpc) is 3.01. The van der Waals surface area contributed by atoms with E-state index < -0.39 is 0 Å². The molecule has 0 aliphatic heterocycles. The maximum atomic E-state index is 10.1. The molecule has 0 saturated heterocycles. The van der Waals surface area contributed by atoms with Gasteiger partial charge in [-0.25, -0.2) is 0 Å². The molecular weight excluding hydrogens is 278 g/mol. The number of para-hydroxylation sites is 1. The molecule has 1 N–H and O–H groups in total. The summed E-state index contributed by atoms with van der Waals surface area (Å²) in [5.74, 6) is 1.77. The molecular formula is C18H25NO3. The van der Waals surface area contributed by atoms with E-state index in [1.165, 1.54) is 0 Å². The maximum absolute atomic E-state index is 10.1. The molecule has 0 spiro atoms. The number of benzene rings is 1. The Morgan fingerprint density at radius 2 is 2.00 bits per heavy atom. The largest absolute Gasteiger partial charge is 0.496 e. The average molecular weight is 303 g/mol. The van der Waals surface area contributed by atoms with Crippen molar-refractivity contribution in [1.29, 1.82) is 0 Å². The van der Waals surface area contributed by atoms with Gasteiger partial charge in [0.2, 0.25) is 0 Å². The van der Waals surface area contributed by atoms with Crippen LogP contribution in [-0.4, -0.2) is 29.8 Å². The summed E-state index contributed by atoms with van der Waals surface area (Å²) in [7, 11) is 1.68. The van der Waals surface area contributed by atoms with Gasteiger partial charge >= 0.3 is 0 Å². The van der Waals surface area contributed by atoms with Gasteiger partial charge in [-0.15, -0.1) is 0 Å². The van der Waals surface area contributed by atoms with Crippen molar-refractivity contribution in [3.05, 3.63) is 54.0 Å². The van der Waals surface area contributed by atoms with Crippen LogP contribution in [0.5, 0.6) is 5.75 Å². The van der Waals surface area contributed by atoms with E-state index in [4.69, 9.17) is 9.15 Å². The molecule has 2 aromatic rings. The highest BCUT2D eigenvalue weighted by Crippen LogP contribution is 2.21. The zero-order valence-electron chi connectivity index (χ0n) is 13.4. The van der Waals surface area contributed by atoms with Crippen LogP contribution in [0.1, 0.15) is 31.1 Å². The smallest absolute Gasteiger partial charge is 0.123 e. The number of methoxy groups -OCH3 is 1. The van der Waals surface area contributed by atoms with Crippen LogP contribution in [0, 0.1) is 0 Å². The second-order valence-electron chi connectivity index (χ2n) is 5.50. The fourth-order valence-electron chi connectivity index (χ4n) is 2.60. The van der Waals surface area contributed by atoms with E-state index in [2.05, 4.69) is 17.9 Å². The number of rotatable bonds is 9. The first kappa shape index (κ1) is 16.6. The third kappa shape index (κ3) is 4.90. The van der Waals surface area contributed by atoms with E-state index in [0.29, 0.717) is 19.6 Å². The lowest BCUT2D eigenvalue weighted by Crippen LogP contribution is -2.31. The molecule has 0 fully saturated rings. The summed E-state index contributed by atoms with van der Waals surface area (Å²) in [5.41, 5.74) is 1.11. The molecule has 22 heavy (non-hydrogen) atoms. The second kappa shape index (κ2) is 8.61. The van der Waals surface area contributed by atoms with Crippen molar-refractivity contribution in [2.75, 3.05) is 13.7 Å². The van der Waals surface area contributed by atoms with Crippen molar-refractivity contribution in [1.82, 2.24) is 4.90 Å². The number of aliphatic hydroxyl groups is 1. The maximum Gasteiger partial charge on any atom is 0.123 e. The zero-order chi connectivity index (χ0) is 15.8. The van der Waals surface area contributed by atoms with Crippen molar-refractivity contribution < 1.29 is 14.3 Å². The summed E-state index contributed by atoms with van der Waals surface area (Å²) in [5, 5.41) is 10.1. The summed E-state index contributed by atoms with van der Waals surface area (Å²) in [6.45, 7) is 4.09. The van der Waals surface area contributed by atoms with E-state index >= 15 is 0 Å². The minimum absolute atomic E-state index is 0.324. The molecule has 0 aliphatic carbocycles. The lowest BCUT2D eigenvalue weighted by molar-refractivity contribution is 0.0927. The first-order chi connectivity index (χ1) is 10.7. The van der Waals surface area contributed by atoms with Gasteiger partial charge in [0.25, 0.3) is 0 Å². The van der Waals surface area contributed by atoms with Gasteiger partial charge in [-0.1, -0.05) is 31.5 Å². The molecule has 1 heterocycles. The quantitative estimate of drug-likeness (QED) is 0.770. The van der Waals surface area contributed by atoms with Crippen LogP contribution in [0.15, 0.2) is 47.1 Å². The Morgan fingerprint density at radius 3 is 2.68 bits per heavy atom. The SMILES string of the molecule is CCC[C@@H](O)CN(Cc1ccco1)Cc1ccccc1OC. The molecule has 4 heteroatoms. The van der Waals surface area contributed by atoms with E-state index in [-0.39, 0.29) is 6.10 Å². The lowest BCUT2D eigenvalue weighted by Gasteiger charge is -2.25. The molecule has 2 rings (SSSR count). The van der Waals surface area contributed by atoms with Gasteiger partial charge in [-0.3, -0.25) is 4.90 Å². The monoisotopic (exact) mass is 303 g/mol. The minimum atomic E-state index is -0.324. The number of nitrogens with zero attached hydrogens (tertiary/aromatic N) is 1. The Morgan fingerprint density at radius 1 is 1.18 bits per heavy atom. The Labute approximate surface area is 132 Å². The summed E-state index contributed by atoms with van der Waals surface area (Å²) in [4.78, 5) is 2.19. The van der Waals surface area contributed by atoms with Gasteiger partial charge in [0, 0.05) is 18.7 Å².